The van der Waals surface area contributed by atoms with Crippen LogP contribution in [-0.4, -0.2) is 14.6 Å². The summed E-state index contributed by atoms with van der Waals surface area (Å²) in [6, 6.07) is 2.04. The van der Waals surface area contributed by atoms with Crippen LogP contribution in [0.4, 0.5) is 0 Å². The molecule has 0 saturated heterocycles. The summed E-state index contributed by atoms with van der Waals surface area (Å²) in [4.78, 5) is 4.20. The largest absolute Gasteiger partial charge is 0.259 e. The van der Waals surface area contributed by atoms with Gasteiger partial charge < -0.3 is 0 Å². The van der Waals surface area contributed by atoms with Crippen molar-refractivity contribution in [1.29, 1.82) is 0 Å². The summed E-state index contributed by atoms with van der Waals surface area (Å²) >= 11 is 1.42. The molecule has 0 spiro atoms. The van der Waals surface area contributed by atoms with E-state index in [4.69, 9.17) is 0 Å². The normalized spacial score (nSPS) is 10.6. The van der Waals surface area contributed by atoms with Gasteiger partial charge in [0.1, 0.15) is 5.52 Å². The van der Waals surface area contributed by atoms with Crippen LogP contribution in [0.3, 0.4) is 0 Å². The van der Waals surface area contributed by atoms with Gasteiger partial charge in [0.15, 0.2) is 0 Å². The van der Waals surface area contributed by atoms with Crippen molar-refractivity contribution >= 4 is 21.7 Å². The summed E-state index contributed by atoms with van der Waals surface area (Å²) < 4.78 is 4.95. The number of hydrogen-bond acceptors (Lipinski definition) is 4. The number of hydrogen-bond donors (Lipinski definition) is 0. The van der Waals surface area contributed by atoms with Crippen LogP contribution in [0.15, 0.2) is 12.3 Å². The van der Waals surface area contributed by atoms with Gasteiger partial charge in [-0.2, -0.15) is 0 Å². The minimum absolute atomic E-state index is 0.896. The number of fused-ring (bicyclic) bond motifs is 1. The average Bonchev–Trinajstić information content (AvgIpc) is 2.50. The van der Waals surface area contributed by atoms with Gasteiger partial charge in [0.05, 0.1) is 10.9 Å². The van der Waals surface area contributed by atoms with Crippen molar-refractivity contribution in [3.8, 4) is 0 Å². The number of rotatable bonds is 1. The third-order valence-corrected chi connectivity index (χ3v) is 2.24. The molecule has 0 aliphatic carbocycles. The molecule has 2 rings (SSSR count). The van der Waals surface area contributed by atoms with Crippen LogP contribution in [0.25, 0.3) is 10.2 Å². The molecule has 0 N–H and O–H groups in total. The molecule has 11 heavy (non-hydrogen) atoms. The highest BCUT2D eigenvalue weighted by molar-refractivity contribution is 7.12. The third kappa shape index (κ3) is 1.09. The molecule has 0 aliphatic heterocycles. The molecule has 4 heteroatoms. The maximum atomic E-state index is 4.20. The molecule has 2 aromatic heterocycles. The number of aryl methyl sites for hydroxylation is 1. The molecular formula is C7H7N3S. The third-order valence-electron chi connectivity index (χ3n) is 1.55. The number of pyridine rings is 1. The van der Waals surface area contributed by atoms with Crippen molar-refractivity contribution in [2.45, 2.75) is 13.3 Å². The van der Waals surface area contributed by atoms with Crippen molar-refractivity contribution in [3.05, 3.63) is 18.0 Å². The Kier molecular flexibility index (Phi) is 1.54. The smallest absolute Gasteiger partial charge is 0.124 e. The van der Waals surface area contributed by atoms with E-state index >= 15 is 0 Å². The zero-order chi connectivity index (χ0) is 7.68. The summed E-state index contributed by atoms with van der Waals surface area (Å²) in [6.45, 7) is 2.09. The Hall–Kier alpha value is -1.03. The quantitative estimate of drug-likeness (QED) is 0.645. The highest BCUT2D eigenvalue weighted by atomic mass is 32.1. The van der Waals surface area contributed by atoms with Gasteiger partial charge in [-0.1, -0.05) is 11.4 Å². The Balaban J connectivity index is 2.67. The Morgan fingerprint density at radius 3 is 3.27 bits per heavy atom. The molecule has 0 fully saturated rings. The van der Waals surface area contributed by atoms with Gasteiger partial charge in [0.2, 0.25) is 0 Å². The van der Waals surface area contributed by atoms with Gasteiger partial charge in [-0.3, -0.25) is 4.98 Å². The molecule has 3 nitrogen and oxygen atoms in total. The Morgan fingerprint density at radius 1 is 1.55 bits per heavy atom. The van der Waals surface area contributed by atoms with Gasteiger partial charge >= 0.3 is 0 Å². The minimum atomic E-state index is 0.896. The molecule has 56 valence electrons. The summed E-state index contributed by atoms with van der Waals surface area (Å²) in [7, 11) is 0. The van der Waals surface area contributed by atoms with Gasteiger partial charge in [-0.25, -0.2) is 0 Å². The molecule has 0 radical (unpaired) electrons. The molecule has 0 aliphatic rings. The van der Waals surface area contributed by atoms with Gasteiger partial charge in [-0.15, -0.1) is 5.10 Å². The second-order valence-corrected chi connectivity index (χ2v) is 3.06. The molecule has 2 aromatic rings. The van der Waals surface area contributed by atoms with E-state index in [1.807, 2.05) is 6.07 Å². The van der Waals surface area contributed by atoms with Crippen LogP contribution in [0.2, 0.25) is 0 Å². The van der Waals surface area contributed by atoms with Crippen LogP contribution in [-0.2, 0) is 6.42 Å². The predicted molar refractivity (Wildman–Crippen MR) is 44.6 cm³/mol. The van der Waals surface area contributed by atoms with E-state index in [1.165, 1.54) is 11.5 Å². The SMILES string of the molecule is CCc1cc2snnc2cn1. The van der Waals surface area contributed by atoms with Crippen LogP contribution in [0.1, 0.15) is 12.6 Å². The van der Waals surface area contributed by atoms with Gasteiger partial charge in [0.25, 0.3) is 0 Å². The van der Waals surface area contributed by atoms with Crippen molar-refractivity contribution in [3.63, 3.8) is 0 Å². The van der Waals surface area contributed by atoms with Crippen LogP contribution < -0.4 is 0 Å². The summed E-state index contributed by atoms with van der Waals surface area (Å²) in [5.41, 5.74) is 2.00. The lowest BCUT2D eigenvalue weighted by atomic mass is 10.3. The topological polar surface area (TPSA) is 38.7 Å². The second kappa shape index (κ2) is 2.54. The molecule has 0 unspecified atom stereocenters. The predicted octanol–water partition coefficient (Wildman–Crippen LogP) is 1.65. The zero-order valence-electron chi connectivity index (χ0n) is 6.11. The first-order valence-electron chi connectivity index (χ1n) is 3.47. The van der Waals surface area contributed by atoms with E-state index < -0.39 is 0 Å². The fraction of sp³-hybridized carbons (Fsp3) is 0.286. The lowest BCUT2D eigenvalue weighted by Crippen LogP contribution is -1.83. The Bertz CT molecular complexity index is 368. The van der Waals surface area contributed by atoms with E-state index in [0.29, 0.717) is 0 Å². The fourth-order valence-corrected chi connectivity index (χ4v) is 1.51. The van der Waals surface area contributed by atoms with Crippen LogP contribution in [0.5, 0.6) is 0 Å². The first-order chi connectivity index (χ1) is 5.40. The van der Waals surface area contributed by atoms with Crippen molar-refractivity contribution in [1.82, 2.24) is 14.6 Å². The molecule has 2 heterocycles. The standard InChI is InChI=1S/C7H7N3S/c1-2-5-3-7-6(4-8-5)9-10-11-7/h3-4H,2H2,1H3. The van der Waals surface area contributed by atoms with Crippen LogP contribution in [0, 0.1) is 0 Å². The monoisotopic (exact) mass is 165 g/mol. The first kappa shape index (κ1) is 6.67. The van der Waals surface area contributed by atoms with E-state index in [1.54, 1.807) is 6.20 Å². The fourth-order valence-electron chi connectivity index (χ4n) is 0.920. The van der Waals surface area contributed by atoms with Crippen molar-refractivity contribution in [2.24, 2.45) is 0 Å². The lowest BCUT2D eigenvalue weighted by molar-refractivity contribution is 1.04. The van der Waals surface area contributed by atoms with E-state index in [0.717, 1.165) is 22.3 Å². The summed E-state index contributed by atoms with van der Waals surface area (Å²) in [5.74, 6) is 0. The van der Waals surface area contributed by atoms with Crippen LogP contribution >= 0.6 is 11.5 Å². The number of nitrogens with zero attached hydrogens (tertiary/aromatic N) is 3. The van der Waals surface area contributed by atoms with Gasteiger partial charge in [0, 0.05) is 5.69 Å². The van der Waals surface area contributed by atoms with E-state index in [2.05, 4.69) is 21.5 Å². The summed E-state index contributed by atoms with van der Waals surface area (Å²) in [5, 5.41) is 3.90. The highest BCUT2D eigenvalue weighted by Crippen LogP contribution is 2.14. The Labute approximate surface area is 68.3 Å². The maximum Gasteiger partial charge on any atom is 0.124 e. The Morgan fingerprint density at radius 2 is 2.45 bits per heavy atom. The molecule has 0 bridgehead atoms. The zero-order valence-corrected chi connectivity index (χ0v) is 6.93. The first-order valence-corrected chi connectivity index (χ1v) is 4.24. The highest BCUT2D eigenvalue weighted by Gasteiger charge is 1.98. The van der Waals surface area contributed by atoms with E-state index in [-0.39, 0.29) is 0 Å². The average molecular weight is 165 g/mol. The second-order valence-electron chi connectivity index (χ2n) is 2.27. The molecule has 0 aromatic carbocycles. The van der Waals surface area contributed by atoms with Gasteiger partial charge in [-0.05, 0) is 24.0 Å². The molecule has 0 amide bonds. The maximum absolute atomic E-state index is 4.20. The molecular weight excluding hydrogens is 158 g/mol. The minimum Gasteiger partial charge on any atom is -0.259 e. The number of aromatic nitrogens is 3. The lowest BCUT2D eigenvalue weighted by Gasteiger charge is -1.91. The summed E-state index contributed by atoms with van der Waals surface area (Å²) in [6.07, 6.45) is 2.74. The van der Waals surface area contributed by atoms with Crippen molar-refractivity contribution < 1.29 is 0 Å². The molecule has 0 atom stereocenters. The molecule has 0 saturated carbocycles. The van der Waals surface area contributed by atoms with Crippen molar-refractivity contribution in [2.75, 3.05) is 0 Å². The van der Waals surface area contributed by atoms with E-state index in [9.17, 15) is 0 Å².